The number of hydrogen-bond donors (Lipinski definition) is 5. The molecule has 0 radical (unpaired) electrons. The number of aliphatic imine (C=N–C) groups is 1. The molecule has 0 amide bonds. The lowest BCUT2D eigenvalue weighted by molar-refractivity contribution is 0.216. The van der Waals surface area contributed by atoms with Crippen LogP contribution in [0.25, 0.3) is 0 Å². The quantitative estimate of drug-likeness (QED) is 0.239. The van der Waals surface area contributed by atoms with Crippen molar-refractivity contribution >= 4 is 6.21 Å². The van der Waals surface area contributed by atoms with E-state index in [1.807, 2.05) is 13.1 Å². The smallest absolute Gasteiger partial charge is 0.0728 e. The molecule has 2 aliphatic heterocycles. The predicted molar refractivity (Wildman–Crippen MR) is 74.5 cm³/mol. The Balaban J connectivity index is 1.63. The van der Waals surface area contributed by atoms with Crippen molar-refractivity contribution in [3.63, 3.8) is 0 Å². The molecule has 2 fully saturated rings. The van der Waals surface area contributed by atoms with Crippen LogP contribution < -0.4 is 26.8 Å². The first kappa shape index (κ1) is 13.9. The monoisotopic (exact) mass is 254 g/mol. The molecule has 2 aliphatic rings. The average molecular weight is 254 g/mol. The van der Waals surface area contributed by atoms with Crippen LogP contribution in [-0.4, -0.2) is 51.3 Å². The van der Waals surface area contributed by atoms with Gasteiger partial charge in [-0.2, -0.15) is 0 Å². The van der Waals surface area contributed by atoms with E-state index in [1.165, 1.54) is 13.0 Å². The fourth-order valence-corrected chi connectivity index (χ4v) is 2.67. The van der Waals surface area contributed by atoms with Gasteiger partial charge in [-0.3, -0.25) is 15.7 Å². The lowest BCUT2D eigenvalue weighted by Crippen LogP contribution is -2.61. The van der Waals surface area contributed by atoms with Gasteiger partial charge in [0.25, 0.3) is 0 Å². The van der Waals surface area contributed by atoms with Gasteiger partial charge in [-0.05, 0) is 45.0 Å². The molecule has 0 aromatic carbocycles. The van der Waals surface area contributed by atoms with E-state index < -0.39 is 0 Å². The van der Waals surface area contributed by atoms with Gasteiger partial charge in [0.05, 0.1) is 12.7 Å². The maximum Gasteiger partial charge on any atom is 0.0728 e. The third-order valence-electron chi connectivity index (χ3n) is 3.69. The molecule has 2 heterocycles. The van der Waals surface area contributed by atoms with Crippen molar-refractivity contribution in [2.75, 3.05) is 32.8 Å². The maximum absolute atomic E-state index is 4.16. The molecule has 2 saturated heterocycles. The molecule has 6 heteroatoms. The van der Waals surface area contributed by atoms with Gasteiger partial charge in [0.15, 0.2) is 0 Å². The molecule has 3 atom stereocenters. The summed E-state index contributed by atoms with van der Waals surface area (Å²) in [5.41, 5.74) is 6.57. The third-order valence-corrected chi connectivity index (χ3v) is 3.69. The van der Waals surface area contributed by atoms with Gasteiger partial charge in [-0.15, -0.1) is 0 Å². The number of nitrogens with one attached hydrogen (secondary N) is 5. The predicted octanol–water partition coefficient (Wildman–Crippen LogP) is -0.984. The summed E-state index contributed by atoms with van der Waals surface area (Å²) in [5.74, 6) is 0.779. The van der Waals surface area contributed by atoms with E-state index in [2.05, 4.69) is 31.8 Å². The summed E-state index contributed by atoms with van der Waals surface area (Å²) in [7, 11) is 0. The Morgan fingerprint density at radius 3 is 3.11 bits per heavy atom. The number of rotatable bonds is 6. The number of hydrazine groups is 1. The van der Waals surface area contributed by atoms with E-state index in [-0.39, 0.29) is 0 Å². The van der Waals surface area contributed by atoms with Crippen molar-refractivity contribution in [2.45, 2.75) is 32.0 Å². The topological polar surface area (TPSA) is 72.5 Å². The lowest BCUT2D eigenvalue weighted by Gasteiger charge is -2.35. The second-order valence-electron chi connectivity index (χ2n) is 4.97. The standard InChI is InChI=1S/C12H26N6/c1-2-13-5-6-17-18-12-7-11(15-9-16-12)10-3-4-14-8-10/h2,10-12,14-18H,3-9H2,1H3/t10?,11?,12-/m1/s1. The van der Waals surface area contributed by atoms with Crippen LogP contribution in [0, 0.1) is 5.92 Å². The van der Waals surface area contributed by atoms with Gasteiger partial charge in [0, 0.05) is 19.3 Å². The molecule has 0 saturated carbocycles. The molecule has 2 unspecified atom stereocenters. The first-order chi connectivity index (χ1) is 8.90. The molecule has 0 spiro atoms. The van der Waals surface area contributed by atoms with Crippen LogP contribution in [0.3, 0.4) is 0 Å². The van der Waals surface area contributed by atoms with E-state index in [9.17, 15) is 0 Å². The molecule has 0 bridgehead atoms. The van der Waals surface area contributed by atoms with E-state index in [0.717, 1.165) is 38.6 Å². The van der Waals surface area contributed by atoms with Crippen LogP contribution in [0.4, 0.5) is 0 Å². The summed E-state index contributed by atoms with van der Waals surface area (Å²) in [6.45, 7) is 6.84. The highest BCUT2D eigenvalue weighted by Gasteiger charge is 2.29. The van der Waals surface area contributed by atoms with Crippen LogP contribution in [0.1, 0.15) is 19.8 Å². The Morgan fingerprint density at radius 1 is 1.39 bits per heavy atom. The lowest BCUT2D eigenvalue weighted by atomic mass is 9.94. The van der Waals surface area contributed by atoms with E-state index in [4.69, 9.17) is 0 Å². The summed E-state index contributed by atoms with van der Waals surface area (Å²) in [5, 5.41) is 10.4. The zero-order valence-corrected chi connectivity index (χ0v) is 11.2. The Morgan fingerprint density at radius 2 is 2.33 bits per heavy atom. The van der Waals surface area contributed by atoms with Gasteiger partial charge in [0.2, 0.25) is 0 Å². The van der Waals surface area contributed by atoms with Gasteiger partial charge in [-0.1, -0.05) is 0 Å². The van der Waals surface area contributed by atoms with E-state index in [0.29, 0.717) is 12.2 Å². The van der Waals surface area contributed by atoms with Gasteiger partial charge >= 0.3 is 0 Å². The maximum atomic E-state index is 4.16. The van der Waals surface area contributed by atoms with Crippen molar-refractivity contribution in [1.82, 2.24) is 26.8 Å². The SMILES string of the molecule is CC=NCCNN[C@@H]1CC(C2CCNC2)NCN1. The normalized spacial score (nSPS) is 33.3. The first-order valence-corrected chi connectivity index (χ1v) is 7.00. The Hall–Kier alpha value is -0.530. The molecule has 5 N–H and O–H groups in total. The Kier molecular flexibility index (Phi) is 6.02. The minimum atomic E-state index is 0.349. The molecular weight excluding hydrogens is 228 g/mol. The molecule has 2 rings (SSSR count). The molecule has 104 valence electrons. The molecule has 6 nitrogen and oxygen atoms in total. The van der Waals surface area contributed by atoms with Crippen LogP contribution >= 0.6 is 0 Å². The summed E-state index contributed by atoms with van der Waals surface area (Å²) in [6.07, 6.45) is 4.61. The van der Waals surface area contributed by atoms with Crippen LogP contribution in [0.15, 0.2) is 4.99 Å². The summed E-state index contributed by atoms with van der Waals surface area (Å²) in [6, 6.07) is 0.620. The average Bonchev–Trinajstić information content (AvgIpc) is 2.93. The van der Waals surface area contributed by atoms with Crippen LogP contribution in [0.5, 0.6) is 0 Å². The zero-order chi connectivity index (χ0) is 12.6. The van der Waals surface area contributed by atoms with Gasteiger partial charge in [-0.25, -0.2) is 5.43 Å². The number of hydrogen-bond acceptors (Lipinski definition) is 6. The van der Waals surface area contributed by atoms with E-state index >= 15 is 0 Å². The van der Waals surface area contributed by atoms with Crippen molar-refractivity contribution in [1.29, 1.82) is 0 Å². The van der Waals surface area contributed by atoms with Crippen molar-refractivity contribution in [2.24, 2.45) is 10.9 Å². The first-order valence-electron chi connectivity index (χ1n) is 7.00. The Labute approximate surface area is 109 Å². The fourth-order valence-electron chi connectivity index (χ4n) is 2.67. The molecule has 0 aromatic rings. The Bertz CT molecular complexity index is 251. The molecule has 18 heavy (non-hydrogen) atoms. The third kappa shape index (κ3) is 4.29. The second kappa shape index (κ2) is 7.81. The van der Waals surface area contributed by atoms with Crippen LogP contribution in [-0.2, 0) is 0 Å². The highest BCUT2D eigenvalue weighted by molar-refractivity contribution is 5.53. The van der Waals surface area contributed by atoms with Crippen molar-refractivity contribution in [3.8, 4) is 0 Å². The highest BCUT2D eigenvalue weighted by atomic mass is 15.4. The van der Waals surface area contributed by atoms with E-state index in [1.54, 1.807) is 0 Å². The summed E-state index contributed by atoms with van der Waals surface area (Å²) < 4.78 is 0. The van der Waals surface area contributed by atoms with Crippen molar-refractivity contribution in [3.05, 3.63) is 0 Å². The van der Waals surface area contributed by atoms with Gasteiger partial charge < -0.3 is 10.6 Å². The largest absolute Gasteiger partial charge is 0.316 e. The highest BCUT2D eigenvalue weighted by Crippen LogP contribution is 2.17. The molecule has 0 aromatic heterocycles. The minimum Gasteiger partial charge on any atom is -0.316 e. The molecule has 0 aliphatic carbocycles. The fraction of sp³-hybridized carbons (Fsp3) is 0.917. The zero-order valence-electron chi connectivity index (χ0n) is 11.2. The minimum absolute atomic E-state index is 0.349. The molecular formula is C12H26N6. The van der Waals surface area contributed by atoms with Gasteiger partial charge in [0.1, 0.15) is 0 Å². The number of nitrogens with zero attached hydrogens (tertiary/aromatic N) is 1. The second-order valence-corrected chi connectivity index (χ2v) is 4.97. The summed E-state index contributed by atoms with van der Waals surface area (Å²) >= 11 is 0. The van der Waals surface area contributed by atoms with Crippen molar-refractivity contribution < 1.29 is 0 Å². The summed E-state index contributed by atoms with van der Waals surface area (Å²) in [4.78, 5) is 4.16. The van der Waals surface area contributed by atoms with Crippen LogP contribution in [0.2, 0.25) is 0 Å².